The monoisotopic (exact) mass is 232 g/mol. The van der Waals surface area contributed by atoms with Crippen LogP contribution >= 0.6 is 0 Å². The van der Waals surface area contributed by atoms with Crippen molar-refractivity contribution in [2.75, 3.05) is 25.0 Å². The Balaban J connectivity index is 1.69. The van der Waals surface area contributed by atoms with Gasteiger partial charge in [0.25, 0.3) is 0 Å². The van der Waals surface area contributed by atoms with Gasteiger partial charge in [0.15, 0.2) is 0 Å². The smallest absolute Gasteiger partial charge is 0.138 e. The molecular formula is C14H20N2O. The highest BCUT2D eigenvalue weighted by molar-refractivity contribution is 5.63. The number of rotatable bonds is 2. The minimum atomic E-state index is 0.397. The predicted octanol–water partition coefficient (Wildman–Crippen LogP) is 2.21. The molecule has 0 bridgehead atoms. The fourth-order valence-corrected chi connectivity index (χ4v) is 2.98. The Labute approximate surface area is 102 Å². The van der Waals surface area contributed by atoms with Gasteiger partial charge < -0.3 is 15.3 Å². The number of nitrogens with one attached hydrogen (secondary N) is 1. The third-order valence-electron chi connectivity index (χ3n) is 3.92. The summed E-state index contributed by atoms with van der Waals surface area (Å²) in [5.74, 6) is 0.397. The van der Waals surface area contributed by atoms with E-state index in [-0.39, 0.29) is 0 Å². The van der Waals surface area contributed by atoms with Crippen molar-refractivity contribution in [1.82, 2.24) is 4.90 Å². The highest BCUT2D eigenvalue weighted by Gasteiger charge is 2.23. The molecule has 1 aromatic carbocycles. The van der Waals surface area contributed by atoms with E-state index < -0.39 is 0 Å². The van der Waals surface area contributed by atoms with Crippen LogP contribution in [0.3, 0.4) is 0 Å². The molecule has 1 aromatic rings. The molecule has 2 N–H and O–H groups in total. The van der Waals surface area contributed by atoms with Crippen LogP contribution in [0.5, 0.6) is 5.75 Å². The molecule has 92 valence electrons. The number of hydrogen-bond acceptors (Lipinski definition) is 3. The van der Waals surface area contributed by atoms with Crippen molar-refractivity contribution in [3.05, 3.63) is 23.8 Å². The fraction of sp³-hybridized carbons (Fsp3) is 0.571. The number of phenolic OH excluding ortho intramolecular Hbond substituents is 1. The number of benzene rings is 1. The van der Waals surface area contributed by atoms with Gasteiger partial charge in [0.2, 0.25) is 0 Å². The molecule has 3 nitrogen and oxygen atoms in total. The second-order valence-electron chi connectivity index (χ2n) is 5.20. The van der Waals surface area contributed by atoms with Crippen LogP contribution in [0.1, 0.15) is 24.8 Å². The van der Waals surface area contributed by atoms with E-state index in [1.807, 2.05) is 6.07 Å². The lowest BCUT2D eigenvalue weighted by atomic mass is 9.97. The van der Waals surface area contributed by atoms with Crippen molar-refractivity contribution in [2.24, 2.45) is 0 Å². The average Bonchev–Trinajstić information content (AvgIpc) is 2.83. The first kappa shape index (κ1) is 10.9. The number of anilines is 1. The molecule has 2 aliphatic heterocycles. The summed E-state index contributed by atoms with van der Waals surface area (Å²) in [5, 5.41) is 13.4. The fourth-order valence-electron chi connectivity index (χ4n) is 2.98. The first-order valence-electron chi connectivity index (χ1n) is 6.63. The maximum Gasteiger partial charge on any atom is 0.138 e. The average molecular weight is 232 g/mol. The molecule has 2 aliphatic rings. The molecule has 1 fully saturated rings. The number of aryl methyl sites for hydroxylation is 1. The van der Waals surface area contributed by atoms with Gasteiger partial charge in [-0.15, -0.1) is 0 Å². The van der Waals surface area contributed by atoms with Crippen LogP contribution in [-0.4, -0.2) is 35.7 Å². The number of nitrogens with zero attached hydrogens (tertiary/aromatic N) is 1. The number of para-hydroxylation sites is 1. The largest absolute Gasteiger partial charge is 0.506 e. The van der Waals surface area contributed by atoms with Crippen molar-refractivity contribution in [1.29, 1.82) is 0 Å². The summed E-state index contributed by atoms with van der Waals surface area (Å²) in [4.78, 5) is 2.53. The summed E-state index contributed by atoms with van der Waals surface area (Å²) in [6.07, 6.45) is 4.94. The van der Waals surface area contributed by atoms with Crippen molar-refractivity contribution >= 4 is 5.69 Å². The minimum absolute atomic E-state index is 0.397. The first-order valence-corrected chi connectivity index (χ1v) is 6.63. The molecule has 0 radical (unpaired) electrons. The molecule has 0 aliphatic carbocycles. The van der Waals surface area contributed by atoms with Crippen molar-refractivity contribution in [3.63, 3.8) is 0 Å². The van der Waals surface area contributed by atoms with E-state index in [0.29, 0.717) is 11.8 Å². The molecule has 0 amide bonds. The van der Waals surface area contributed by atoms with Crippen LogP contribution in [0.25, 0.3) is 0 Å². The number of phenols is 1. The quantitative estimate of drug-likeness (QED) is 0.767. The van der Waals surface area contributed by atoms with Gasteiger partial charge in [-0.2, -0.15) is 0 Å². The zero-order chi connectivity index (χ0) is 11.7. The van der Waals surface area contributed by atoms with Crippen LogP contribution in [0.15, 0.2) is 18.2 Å². The van der Waals surface area contributed by atoms with Gasteiger partial charge in [-0.3, -0.25) is 0 Å². The van der Waals surface area contributed by atoms with Crippen molar-refractivity contribution in [3.8, 4) is 5.75 Å². The van der Waals surface area contributed by atoms with Crippen molar-refractivity contribution < 1.29 is 5.11 Å². The SMILES string of the molecule is Oc1cccc2c1NC(CN1CCCC1)CC2. The molecule has 0 spiro atoms. The predicted molar refractivity (Wildman–Crippen MR) is 69.5 cm³/mol. The summed E-state index contributed by atoms with van der Waals surface area (Å²) in [5.41, 5.74) is 2.21. The lowest BCUT2D eigenvalue weighted by molar-refractivity contribution is 0.313. The van der Waals surface area contributed by atoms with Gasteiger partial charge in [-0.25, -0.2) is 0 Å². The van der Waals surface area contributed by atoms with E-state index in [1.54, 1.807) is 6.07 Å². The Hall–Kier alpha value is -1.22. The molecule has 3 heteroatoms. The first-order chi connectivity index (χ1) is 8.33. The molecular weight excluding hydrogens is 212 g/mol. The van der Waals surface area contributed by atoms with E-state index in [0.717, 1.165) is 18.7 Å². The number of aromatic hydroxyl groups is 1. The molecule has 1 atom stereocenters. The Kier molecular flexibility index (Phi) is 2.93. The van der Waals surface area contributed by atoms with Crippen LogP contribution < -0.4 is 5.32 Å². The topological polar surface area (TPSA) is 35.5 Å². The Morgan fingerprint density at radius 2 is 2.12 bits per heavy atom. The van der Waals surface area contributed by atoms with Gasteiger partial charge in [-0.05, 0) is 50.4 Å². The summed E-state index contributed by atoms with van der Waals surface area (Å²) < 4.78 is 0. The second kappa shape index (κ2) is 4.57. The Morgan fingerprint density at radius 3 is 2.94 bits per heavy atom. The van der Waals surface area contributed by atoms with Crippen LogP contribution in [0, 0.1) is 0 Å². The minimum Gasteiger partial charge on any atom is -0.506 e. The second-order valence-corrected chi connectivity index (χ2v) is 5.20. The van der Waals surface area contributed by atoms with Crippen molar-refractivity contribution in [2.45, 2.75) is 31.7 Å². The van der Waals surface area contributed by atoms with Crippen LogP contribution in [-0.2, 0) is 6.42 Å². The highest BCUT2D eigenvalue weighted by Crippen LogP contribution is 2.33. The number of likely N-dealkylation sites (tertiary alicyclic amines) is 1. The molecule has 1 unspecified atom stereocenters. The van der Waals surface area contributed by atoms with Gasteiger partial charge in [0.05, 0.1) is 5.69 Å². The third kappa shape index (κ3) is 2.25. The van der Waals surface area contributed by atoms with Crippen LogP contribution in [0.4, 0.5) is 5.69 Å². The number of fused-ring (bicyclic) bond motifs is 1. The summed E-state index contributed by atoms with van der Waals surface area (Å²) in [6.45, 7) is 3.60. The van der Waals surface area contributed by atoms with Gasteiger partial charge in [0, 0.05) is 12.6 Å². The summed E-state index contributed by atoms with van der Waals surface area (Å²) in [6, 6.07) is 6.29. The summed E-state index contributed by atoms with van der Waals surface area (Å²) in [7, 11) is 0. The number of hydrogen-bond donors (Lipinski definition) is 2. The Bertz CT molecular complexity index is 399. The zero-order valence-corrected chi connectivity index (χ0v) is 10.2. The molecule has 3 rings (SSSR count). The molecule has 17 heavy (non-hydrogen) atoms. The Morgan fingerprint density at radius 1 is 1.29 bits per heavy atom. The normalized spacial score (nSPS) is 24.4. The maximum atomic E-state index is 9.86. The van der Waals surface area contributed by atoms with Crippen LogP contribution in [0.2, 0.25) is 0 Å². The van der Waals surface area contributed by atoms with E-state index in [9.17, 15) is 5.11 Å². The maximum absolute atomic E-state index is 9.86. The molecule has 1 saturated heterocycles. The third-order valence-corrected chi connectivity index (χ3v) is 3.92. The molecule has 0 saturated carbocycles. The van der Waals surface area contributed by atoms with E-state index in [1.165, 1.54) is 37.9 Å². The molecule has 2 heterocycles. The standard InChI is InChI=1S/C14H20N2O/c17-13-5-3-4-11-6-7-12(15-14(11)13)10-16-8-1-2-9-16/h3-5,12,15,17H,1-2,6-10H2. The van der Waals surface area contributed by atoms with Gasteiger partial charge >= 0.3 is 0 Å². The lowest BCUT2D eigenvalue weighted by Gasteiger charge is -2.30. The lowest BCUT2D eigenvalue weighted by Crippen LogP contribution is -2.37. The highest BCUT2D eigenvalue weighted by atomic mass is 16.3. The van der Waals surface area contributed by atoms with E-state index in [2.05, 4.69) is 16.3 Å². The van der Waals surface area contributed by atoms with E-state index in [4.69, 9.17) is 0 Å². The molecule has 0 aromatic heterocycles. The van der Waals surface area contributed by atoms with Gasteiger partial charge in [-0.1, -0.05) is 12.1 Å². The zero-order valence-electron chi connectivity index (χ0n) is 10.2. The van der Waals surface area contributed by atoms with Gasteiger partial charge in [0.1, 0.15) is 5.75 Å². The summed E-state index contributed by atoms with van der Waals surface area (Å²) >= 11 is 0. The van der Waals surface area contributed by atoms with E-state index >= 15 is 0 Å².